The van der Waals surface area contributed by atoms with E-state index in [1.807, 2.05) is 0 Å². The molecule has 4 N–H and O–H groups in total. The molecule has 0 unspecified atom stereocenters. The van der Waals surface area contributed by atoms with Gasteiger partial charge in [-0.3, -0.25) is 0 Å². The molecular weight excluding hydrogens is 392 g/mol. The molecule has 0 bridgehead atoms. The Morgan fingerprint density at radius 3 is 2.14 bits per heavy atom. The smallest absolute Gasteiger partial charge is 0.239 e. The second-order valence-electron chi connectivity index (χ2n) is 4.68. The van der Waals surface area contributed by atoms with E-state index in [0.717, 1.165) is 0 Å². The minimum absolute atomic E-state index is 0.0796. The zero-order valence-corrected chi connectivity index (χ0v) is 14.7. The van der Waals surface area contributed by atoms with Crippen LogP contribution in [0.15, 0.2) is 55.6 Å². The highest BCUT2D eigenvalue weighted by molar-refractivity contribution is 9.10. The third-order valence-corrected chi connectivity index (χ3v) is 6.55. The molecule has 6 nitrogen and oxygen atoms in total. The Balaban J connectivity index is 2.79. The van der Waals surface area contributed by atoms with Crippen molar-refractivity contribution in [2.45, 2.75) is 21.6 Å². The molecule has 22 heavy (non-hydrogen) atoms. The summed E-state index contributed by atoms with van der Waals surface area (Å²) in [6.45, 7) is 1.66. The van der Waals surface area contributed by atoms with Crippen LogP contribution in [-0.4, -0.2) is 16.8 Å². The molecule has 0 spiro atoms. The number of sulfone groups is 1. The van der Waals surface area contributed by atoms with Crippen LogP contribution in [0.5, 0.6) is 0 Å². The summed E-state index contributed by atoms with van der Waals surface area (Å²) < 4.78 is 49.2. The molecule has 0 saturated carbocycles. The van der Waals surface area contributed by atoms with Crippen LogP contribution in [0.4, 0.5) is 5.69 Å². The normalized spacial score (nSPS) is 12.3. The second-order valence-corrected chi connectivity index (χ2v) is 8.98. The summed E-state index contributed by atoms with van der Waals surface area (Å²) in [5.74, 6) is 0. The third-order valence-electron chi connectivity index (χ3n) is 2.98. The number of halogens is 1. The van der Waals surface area contributed by atoms with Gasteiger partial charge in [-0.2, -0.15) is 0 Å². The van der Waals surface area contributed by atoms with Crippen LogP contribution < -0.4 is 10.9 Å². The topological polar surface area (TPSA) is 120 Å². The van der Waals surface area contributed by atoms with Crippen LogP contribution in [0.1, 0.15) is 5.56 Å². The molecule has 118 valence electrons. The van der Waals surface area contributed by atoms with Crippen molar-refractivity contribution in [3.05, 3.63) is 46.4 Å². The van der Waals surface area contributed by atoms with Gasteiger partial charge in [0.1, 0.15) is 4.90 Å². The molecule has 2 aromatic rings. The highest BCUT2D eigenvalue weighted by atomic mass is 79.9. The number of hydrogen-bond donors (Lipinski definition) is 2. The van der Waals surface area contributed by atoms with Gasteiger partial charge in [-0.25, -0.2) is 22.0 Å². The molecule has 2 aromatic carbocycles. The predicted molar refractivity (Wildman–Crippen MR) is 86.6 cm³/mol. The number of rotatable bonds is 3. The van der Waals surface area contributed by atoms with Crippen molar-refractivity contribution in [1.82, 2.24) is 0 Å². The first-order valence-corrected chi connectivity index (χ1v) is 9.79. The molecule has 0 aliphatic carbocycles. The van der Waals surface area contributed by atoms with Crippen molar-refractivity contribution in [1.29, 1.82) is 0 Å². The number of primary sulfonamides is 1. The first-order chi connectivity index (χ1) is 10.0. The molecule has 2 rings (SSSR count). The Labute approximate surface area is 137 Å². The van der Waals surface area contributed by atoms with Crippen molar-refractivity contribution >= 4 is 41.5 Å². The highest BCUT2D eigenvalue weighted by Gasteiger charge is 2.26. The van der Waals surface area contributed by atoms with Crippen LogP contribution in [0.3, 0.4) is 0 Å². The lowest BCUT2D eigenvalue weighted by Crippen LogP contribution is -2.17. The molecule has 0 amide bonds. The largest absolute Gasteiger partial charge is 0.398 e. The SMILES string of the molecule is Cc1ccc(S(N)(=O)=O)c(S(=O)(=O)c2ccc(N)c(Br)c2)c1. The van der Waals surface area contributed by atoms with Gasteiger partial charge in [-0.05, 0) is 58.7 Å². The van der Waals surface area contributed by atoms with Gasteiger partial charge in [-0.15, -0.1) is 0 Å². The van der Waals surface area contributed by atoms with E-state index in [-0.39, 0.29) is 9.79 Å². The van der Waals surface area contributed by atoms with Gasteiger partial charge in [0, 0.05) is 10.2 Å². The average molecular weight is 405 g/mol. The molecule has 9 heteroatoms. The summed E-state index contributed by atoms with van der Waals surface area (Å²) in [6, 6.07) is 7.99. The number of nitrogens with two attached hydrogens (primary N) is 2. The lowest BCUT2D eigenvalue weighted by molar-refractivity contribution is 0.583. The van der Waals surface area contributed by atoms with E-state index in [4.69, 9.17) is 10.9 Å². The maximum absolute atomic E-state index is 12.7. The first kappa shape index (κ1) is 16.9. The van der Waals surface area contributed by atoms with Gasteiger partial charge < -0.3 is 5.73 Å². The maximum Gasteiger partial charge on any atom is 0.239 e. The second kappa shape index (κ2) is 5.65. The molecule has 0 fully saturated rings. The number of sulfonamides is 1. The summed E-state index contributed by atoms with van der Waals surface area (Å²) >= 11 is 3.15. The summed E-state index contributed by atoms with van der Waals surface area (Å²) in [4.78, 5) is -0.873. The standard InChI is InChI=1S/C13H13BrN2O4S2/c1-8-2-5-12(22(16,19)20)13(6-8)21(17,18)9-3-4-11(15)10(14)7-9/h2-7H,15H2,1H3,(H2,16,19,20). The fourth-order valence-corrected chi connectivity index (χ4v) is 5.12. The lowest BCUT2D eigenvalue weighted by Gasteiger charge is -2.11. The number of anilines is 1. The van der Waals surface area contributed by atoms with Gasteiger partial charge in [-0.1, -0.05) is 6.07 Å². The van der Waals surface area contributed by atoms with Crippen LogP contribution in [-0.2, 0) is 19.9 Å². The molecule has 0 atom stereocenters. The fourth-order valence-electron chi connectivity index (χ4n) is 1.86. The van der Waals surface area contributed by atoms with Crippen molar-refractivity contribution < 1.29 is 16.8 Å². The minimum Gasteiger partial charge on any atom is -0.398 e. The molecule has 0 saturated heterocycles. The van der Waals surface area contributed by atoms with Crippen molar-refractivity contribution in [2.24, 2.45) is 5.14 Å². The van der Waals surface area contributed by atoms with Gasteiger partial charge in [0.05, 0.1) is 9.79 Å². The molecule has 0 aromatic heterocycles. The molecule has 0 aliphatic heterocycles. The van der Waals surface area contributed by atoms with Crippen LogP contribution in [0, 0.1) is 6.92 Å². The summed E-state index contributed by atoms with van der Waals surface area (Å²) in [5.41, 5.74) is 6.60. The van der Waals surface area contributed by atoms with Crippen LogP contribution >= 0.6 is 15.9 Å². The minimum atomic E-state index is -4.18. The fraction of sp³-hybridized carbons (Fsp3) is 0.0769. The van der Waals surface area contributed by atoms with E-state index in [9.17, 15) is 16.8 Å². The number of nitrogen functional groups attached to an aromatic ring is 1. The van der Waals surface area contributed by atoms with E-state index in [2.05, 4.69) is 15.9 Å². The molecule has 0 aliphatic rings. The monoisotopic (exact) mass is 404 g/mol. The predicted octanol–water partition coefficient (Wildman–Crippen LogP) is 1.82. The molecule has 0 heterocycles. The Morgan fingerprint density at radius 2 is 1.59 bits per heavy atom. The maximum atomic E-state index is 12.7. The van der Waals surface area contributed by atoms with E-state index >= 15 is 0 Å². The highest BCUT2D eigenvalue weighted by Crippen LogP contribution is 2.30. The lowest BCUT2D eigenvalue weighted by atomic mass is 10.2. The Hall–Kier alpha value is -1.42. The van der Waals surface area contributed by atoms with Crippen LogP contribution in [0.25, 0.3) is 0 Å². The summed E-state index contributed by atoms with van der Waals surface area (Å²) in [6.07, 6.45) is 0. The van der Waals surface area contributed by atoms with Gasteiger partial charge in [0.25, 0.3) is 0 Å². The Kier molecular flexibility index (Phi) is 4.35. The number of hydrogen-bond acceptors (Lipinski definition) is 5. The third kappa shape index (κ3) is 3.17. The Morgan fingerprint density at radius 1 is 0.955 bits per heavy atom. The quantitative estimate of drug-likeness (QED) is 0.755. The van der Waals surface area contributed by atoms with Crippen molar-refractivity contribution in [2.75, 3.05) is 5.73 Å². The van der Waals surface area contributed by atoms with Gasteiger partial charge >= 0.3 is 0 Å². The van der Waals surface area contributed by atoms with Gasteiger partial charge in [0.15, 0.2) is 0 Å². The summed E-state index contributed by atoms with van der Waals surface area (Å²) in [7, 11) is -8.23. The van der Waals surface area contributed by atoms with Crippen LogP contribution in [0.2, 0.25) is 0 Å². The van der Waals surface area contributed by atoms with Crippen molar-refractivity contribution in [3.63, 3.8) is 0 Å². The van der Waals surface area contributed by atoms with E-state index in [1.54, 1.807) is 6.92 Å². The number of benzene rings is 2. The zero-order chi connectivity index (χ0) is 16.7. The molecule has 0 radical (unpaired) electrons. The molecular formula is C13H13BrN2O4S2. The van der Waals surface area contributed by atoms with E-state index < -0.39 is 24.8 Å². The average Bonchev–Trinajstić information content (AvgIpc) is 2.40. The van der Waals surface area contributed by atoms with Crippen molar-refractivity contribution in [3.8, 4) is 0 Å². The van der Waals surface area contributed by atoms with Gasteiger partial charge in [0.2, 0.25) is 19.9 Å². The zero-order valence-electron chi connectivity index (χ0n) is 11.4. The number of aryl methyl sites for hydroxylation is 1. The van der Waals surface area contributed by atoms with E-state index in [0.29, 0.717) is 15.7 Å². The first-order valence-electron chi connectivity index (χ1n) is 5.97. The Bertz CT molecular complexity index is 954. The van der Waals surface area contributed by atoms with E-state index in [1.165, 1.54) is 36.4 Å². The summed E-state index contributed by atoms with van der Waals surface area (Å²) in [5, 5.41) is 5.11.